The number of rotatable bonds is 3. The zero-order valence-electron chi connectivity index (χ0n) is 8.26. The highest BCUT2D eigenvalue weighted by molar-refractivity contribution is 9.09. The predicted molar refractivity (Wildman–Crippen MR) is 64.9 cm³/mol. The zero-order chi connectivity index (χ0) is 11.5. The lowest BCUT2D eigenvalue weighted by Crippen LogP contribution is -2.19. The molecule has 0 spiro atoms. The molecule has 0 aliphatic rings. The molecule has 0 amide bonds. The minimum atomic E-state index is -1.05. The second kappa shape index (κ2) is 4.53. The summed E-state index contributed by atoms with van der Waals surface area (Å²) < 4.78 is 5.31. The maximum absolute atomic E-state index is 10.7. The molecule has 2 rings (SSSR count). The normalized spacial score (nSPS) is 12.3. The van der Waals surface area contributed by atoms with Crippen molar-refractivity contribution in [2.45, 2.75) is 5.01 Å². The number of halogens is 1. The third-order valence-electron chi connectivity index (χ3n) is 2.17. The zero-order valence-corrected chi connectivity index (χ0v) is 9.85. The number of carboxylic acids is 1. The molecular formula is C12H9BrO3. The number of fused-ring (bicyclic) bond motifs is 1. The first-order valence-electron chi connectivity index (χ1n) is 4.70. The molecule has 0 aromatic heterocycles. The molecule has 4 heteroatoms. The smallest absolute Gasteiger partial charge is 0.356 e. The van der Waals surface area contributed by atoms with Gasteiger partial charge in [0.15, 0.2) is 0 Å². The lowest BCUT2D eigenvalue weighted by molar-refractivity contribution is -0.140. The molecule has 82 valence electrons. The number of carboxylic acid groups (broad SMARTS) is 1. The van der Waals surface area contributed by atoms with Gasteiger partial charge in [-0.25, -0.2) is 4.79 Å². The van der Waals surface area contributed by atoms with Crippen molar-refractivity contribution in [1.82, 2.24) is 0 Å². The number of aliphatic carboxylic acids is 1. The Bertz CT molecular complexity index is 519. The summed E-state index contributed by atoms with van der Waals surface area (Å²) in [5.74, 6) is -0.490. The SMILES string of the molecule is O=C(O)C(Br)Oc1cccc2ccccc12. The Hall–Kier alpha value is -1.55. The highest BCUT2D eigenvalue weighted by atomic mass is 79.9. The number of carbonyl (C=O) groups is 1. The number of benzene rings is 2. The molecule has 2 aromatic rings. The van der Waals surface area contributed by atoms with E-state index in [2.05, 4.69) is 15.9 Å². The molecule has 0 bridgehead atoms. The van der Waals surface area contributed by atoms with Crippen molar-refractivity contribution >= 4 is 32.7 Å². The van der Waals surface area contributed by atoms with Crippen LogP contribution in [0, 0.1) is 0 Å². The fraction of sp³-hybridized carbons (Fsp3) is 0.0833. The van der Waals surface area contributed by atoms with E-state index in [9.17, 15) is 4.79 Å². The van der Waals surface area contributed by atoms with E-state index in [-0.39, 0.29) is 0 Å². The maximum atomic E-state index is 10.7. The molecule has 0 radical (unpaired) electrons. The Morgan fingerprint density at radius 3 is 2.62 bits per heavy atom. The van der Waals surface area contributed by atoms with Gasteiger partial charge >= 0.3 is 5.97 Å². The first-order valence-corrected chi connectivity index (χ1v) is 5.61. The van der Waals surface area contributed by atoms with Crippen molar-refractivity contribution in [2.75, 3.05) is 0 Å². The minimum Gasteiger partial charge on any atom is -0.478 e. The van der Waals surface area contributed by atoms with E-state index < -0.39 is 11.0 Å². The molecule has 3 nitrogen and oxygen atoms in total. The summed E-state index contributed by atoms with van der Waals surface area (Å²) in [5, 5.41) is 9.63. The lowest BCUT2D eigenvalue weighted by atomic mass is 10.1. The molecule has 0 heterocycles. The summed E-state index contributed by atoms with van der Waals surface area (Å²) in [6, 6.07) is 13.2. The fourth-order valence-corrected chi connectivity index (χ4v) is 1.66. The molecular weight excluding hydrogens is 272 g/mol. The number of hydrogen-bond donors (Lipinski definition) is 1. The molecule has 16 heavy (non-hydrogen) atoms. The Kier molecular flexibility index (Phi) is 3.10. The van der Waals surface area contributed by atoms with Crippen LogP contribution in [0.15, 0.2) is 42.5 Å². The predicted octanol–water partition coefficient (Wildman–Crippen LogP) is 3.02. The summed E-state index contributed by atoms with van der Waals surface area (Å²) in [7, 11) is 0. The van der Waals surface area contributed by atoms with Crippen LogP contribution in [0.2, 0.25) is 0 Å². The van der Waals surface area contributed by atoms with E-state index in [1.807, 2.05) is 36.4 Å². The summed E-state index contributed by atoms with van der Waals surface area (Å²) in [4.78, 5) is 10.7. The molecule has 1 N–H and O–H groups in total. The Morgan fingerprint density at radius 1 is 1.19 bits per heavy atom. The summed E-state index contributed by atoms with van der Waals surface area (Å²) in [6.45, 7) is 0. The number of ether oxygens (including phenoxy) is 1. The molecule has 0 fully saturated rings. The monoisotopic (exact) mass is 280 g/mol. The summed E-state index contributed by atoms with van der Waals surface area (Å²) in [5.41, 5.74) is 0. The minimum absolute atomic E-state index is 0.558. The van der Waals surface area contributed by atoms with E-state index >= 15 is 0 Å². The van der Waals surface area contributed by atoms with Crippen LogP contribution in [0.4, 0.5) is 0 Å². The largest absolute Gasteiger partial charge is 0.478 e. The third kappa shape index (κ3) is 2.17. The van der Waals surface area contributed by atoms with Gasteiger partial charge in [-0.2, -0.15) is 0 Å². The van der Waals surface area contributed by atoms with Crippen molar-refractivity contribution in [3.8, 4) is 5.75 Å². The van der Waals surface area contributed by atoms with Crippen LogP contribution >= 0.6 is 15.9 Å². The standard InChI is InChI=1S/C12H9BrO3/c13-11(12(14)15)16-10-7-3-5-8-4-1-2-6-9(8)10/h1-7,11H,(H,14,15). The van der Waals surface area contributed by atoms with Gasteiger partial charge in [0.25, 0.3) is 0 Å². The van der Waals surface area contributed by atoms with Gasteiger partial charge in [-0.05, 0) is 27.4 Å². The van der Waals surface area contributed by atoms with E-state index in [1.54, 1.807) is 6.07 Å². The first-order chi connectivity index (χ1) is 7.68. The fourth-order valence-electron chi connectivity index (χ4n) is 1.46. The van der Waals surface area contributed by atoms with Gasteiger partial charge in [0.05, 0.1) is 0 Å². The van der Waals surface area contributed by atoms with Crippen LogP contribution in [0.3, 0.4) is 0 Å². The van der Waals surface area contributed by atoms with Crippen LogP contribution < -0.4 is 4.74 Å². The van der Waals surface area contributed by atoms with Crippen LogP contribution in [0.5, 0.6) is 5.75 Å². The van der Waals surface area contributed by atoms with Crippen LogP contribution in [0.25, 0.3) is 10.8 Å². The van der Waals surface area contributed by atoms with E-state index in [0.717, 1.165) is 10.8 Å². The van der Waals surface area contributed by atoms with E-state index in [1.165, 1.54) is 0 Å². The Morgan fingerprint density at radius 2 is 1.88 bits per heavy atom. The molecule has 0 saturated carbocycles. The van der Waals surface area contributed by atoms with Gasteiger partial charge in [0.2, 0.25) is 5.01 Å². The van der Waals surface area contributed by atoms with Gasteiger partial charge in [0, 0.05) is 5.39 Å². The average molecular weight is 281 g/mol. The molecule has 1 atom stereocenters. The van der Waals surface area contributed by atoms with E-state index in [0.29, 0.717) is 5.75 Å². The highest BCUT2D eigenvalue weighted by Gasteiger charge is 2.15. The van der Waals surface area contributed by atoms with Crippen molar-refractivity contribution in [1.29, 1.82) is 0 Å². The van der Waals surface area contributed by atoms with Gasteiger partial charge in [0.1, 0.15) is 5.75 Å². The van der Waals surface area contributed by atoms with Crippen molar-refractivity contribution in [3.05, 3.63) is 42.5 Å². The topological polar surface area (TPSA) is 46.5 Å². The van der Waals surface area contributed by atoms with Crippen LogP contribution in [-0.2, 0) is 4.79 Å². The van der Waals surface area contributed by atoms with Crippen molar-refractivity contribution < 1.29 is 14.6 Å². The van der Waals surface area contributed by atoms with Crippen LogP contribution in [-0.4, -0.2) is 16.1 Å². The summed E-state index contributed by atoms with van der Waals surface area (Å²) >= 11 is 2.94. The Balaban J connectivity index is 2.41. The molecule has 0 aliphatic carbocycles. The third-order valence-corrected chi connectivity index (χ3v) is 2.75. The molecule has 0 saturated heterocycles. The van der Waals surface area contributed by atoms with Crippen molar-refractivity contribution in [3.63, 3.8) is 0 Å². The van der Waals surface area contributed by atoms with Gasteiger partial charge in [-0.1, -0.05) is 36.4 Å². The maximum Gasteiger partial charge on any atom is 0.356 e. The molecule has 1 unspecified atom stereocenters. The first kappa shape index (κ1) is 11.0. The van der Waals surface area contributed by atoms with Gasteiger partial charge in [-0.3, -0.25) is 0 Å². The van der Waals surface area contributed by atoms with Crippen LogP contribution in [0.1, 0.15) is 0 Å². The van der Waals surface area contributed by atoms with Gasteiger partial charge < -0.3 is 9.84 Å². The quantitative estimate of drug-likeness (QED) is 0.880. The van der Waals surface area contributed by atoms with Crippen molar-refractivity contribution in [2.24, 2.45) is 0 Å². The average Bonchev–Trinajstić information content (AvgIpc) is 2.29. The second-order valence-electron chi connectivity index (χ2n) is 3.25. The summed E-state index contributed by atoms with van der Waals surface area (Å²) in [6.07, 6.45) is 0. The molecule has 0 aliphatic heterocycles. The van der Waals surface area contributed by atoms with E-state index in [4.69, 9.17) is 9.84 Å². The Labute approximate surface area is 101 Å². The molecule has 2 aromatic carbocycles. The number of hydrogen-bond acceptors (Lipinski definition) is 2. The lowest BCUT2D eigenvalue weighted by Gasteiger charge is -2.11. The van der Waals surface area contributed by atoms with Gasteiger partial charge in [-0.15, -0.1) is 0 Å². The second-order valence-corrected chi connectivity index (χ2v) is 4.08. The highest BCUT2D eigenvalue weighted by Crippen LogP contribution is 2.26. The number of alkyl halides is 1.